The lowest BCUT2D eigenvalue weighted by atomic mass is 10.2. The van der Waals surface area contributed by atoms with E-state index in [1.165, 1.54) is 0 Å². The van der Waals surface area contributed by atoms with Crippen molar-refractivity contribution in [3.63, 3.8) is 0 Å². The molecule has 2 amide bonds. The second kappa shape index (κ2) is 8.34. The molecule has 0 saturated heterocycles. The fourth-order valence-corrected chi connectivity index (χ4v) is 2.38. The summed E-state index contributed by atoms with van der Waals surface area (Å²) in [5.74, 6) is -0.200. The van der Waals surface area contributed by atoms with Crippen LogP contribution in [0.2, 0.25) is 5.02 Å². The average Bonchev–Trinajstić information content (AvgIpc) is 2.55. The maximum atomic E-state index is 12.1. The van der Waals surface area contributed by atoms with Gasteiger partial charge in [-0.25, -0.2) is 0 Å². The maximum absolute atomic E-state index is 12.1. The van der Waals surface area contributed by atoms with Crippen LogP contribution in [0.3, 0.4) is 0 Å². The Morgan fingerprint density at radius 2 is 1.83 bits per heavy atom. The van der Waals surface area contributed by atoms with E-state index >= 15 is 0 Å². The number of carbonyl (C=O) groups is 2. The van der Waals surface area contributed by atoms with E-state index in [1.54, 1.807) is 42.3 Å². The van der Waals surface area contributed by atoms with Crippen LogP contribution in [0.1, 0.15) is 22.3 Å². The lowest BCUT2D eigenvalue weighted by molar-refractivity contribution is -0.130. The van der Waals surface area contributed by atoms with Crippen LogP contribution >= 0.6 is 11.6 Å². The largest absolute Gasteiger partial charge is 0.352 e. The topological polar surface area (TPSA) is 49.4 Å². The maximum Gasteiger partial charge on any atom is 0.251 e. The van der Waals surface area contributed by atoms with E-state index in [-0.39, 0.29) is 18.2 Å². The molecule has 0 spiro atoms. The van der Waals surface area contributed by atoms with Gasteiger partial charge in [-0.1, -0.05) is 41.9 Å². The Morgan fingerprint density at radius 1 is 1.09 bits per heavy atom. The van der Waals surface area contributed by atoms with Crippen LogP contribution in [-0.4, -0.2) is 30.3 Å². The van der Waals surface area contributed by atoms with Gasteiger partial charge in [0, 0.05) is 37.1 Å². The first-order chi connectivity index (χ1) is 11.1. The molecule has 2 aromatic carbocycles. The first-order valence-corrected chi connectivity index (χ1v) is 7.75. The summed E-state index contributed by atoms with van der Waals surface area (Å²) in [7, 11) is 1.74. The SMILES string of the molecule is CN(Cc1cccc(Cl)c1)C(=O)CCNC(=O)c1ccccc1. The summed E-state index contributed by atoms with van der Waals surface area (Å²) in [6, 6.07) is 16.4. The Kier molecular flexibility index (Phi) is 6.18. The third-order valence-corrected chi connectivity index (χ3v) is 3.63. The van der Waals surface area contributed by atoms with Crippen LogP contribution < -0.4 is 5.32 Å². The van der Waals surface area contributed by atoms with Gasteiger partial charge in [-0.2, -0.15) is 0 Å². The molecule has 23 heavy (non-hydrogen) atoms. The summed E-state index contributed by atoms with van der Waals surface area (Å²) in [6.07, 6.45) is 0.260. The summed E-state index contributed by atoms with van der Waals surface area (Å²) >= 11 is 5.93. The molecule has 0 aliphatic carbocycles. The number of halogens is 1. The van der Waals surface area contributed by atoms with Crippen molar-refractivity contribution in [1.82, 2.24) is 10.2 Å². The molecule has 5 heteroatoms. The number of rotatable bonds is 6. The Bertz CT molecular complexity index is 674. The lowest BCUT2D eigenvalue weighted by Gasteiger charge is -2.17. The second-order valence-corrected chi connectivity index (χ2v) is 5.69. The molecule has 0 saturated carbocycles. The summed E-state index contributed by atoms with van der Waals surface area (Å²) in [4.78, 5) is 25.6. The first-order valence-electron chi connectivity index (χ1n) is 7.38. The van der Waals surface area contributed by atoms with Crippen LogP contribution in [0.15, 0.2) is 54.6 Å². The van der Waals surface area contributed by atoms with Crippen molar-refractivity contribution < 1.29 is 9.59 Å². The minimum atomic E-state index is -0.170. The molecule has 0 unspecified atom stereocenters. The molecule has 0 aliphatic rings. The Balaban J connectivity index is 1.77. The van der Waals surface area contributed by atoms with Crippen LogP contribution in [-0.2, 0) is 11.3 Å². The van der Waals surface area contributed by atoms with E-state index in [2.05, 4.69) is 5.32 Å². The molecular weight excluding hydrogens is 312 g/mol. The van der Waals surface area contributed by atoms with Gasteiger partial charge in [0.05, 0.1) is 0 Å². The molecule has 0 atom stereocenters. The van der Waals surface area contributed by atoms with Gasteiger partial charge in [0.1, 0.15) is 0 Å². The van der Waals surface area contributed by atoms with Gasteiger partial charge in [0.25, 0.3) is 5.91 Å². The smallest absolute Gasteiger partial charge is 0.251 e. The van der Waals surface area contributed by atoms with E-state index in [0.717, 1.165) is 5.56 Å². The zero-order valence-electron chi connectivity index (χ0n) is 13.0. The molecule has 0 heterocycles. The zero-order valence-corrected chi connectivity index (χ0v) is 13.7. The fourth-order valence-electron chi connectivity index (χ4n) is 2.16. The van der Waals surface area contributed by atoms with Crippen molar-refractivity contribution in [2.75, 3.05) is 13.6 Å². The highest BCUT2D eigenvalue weighted by molar-refractivity contribution is 6.30. The van der Waals surface area contributed by atoms with Crippen molar-refractivity contribution in [2.24, 2.45) is 0 Å². The van der Waals surface area contributed by atoms with E-state index in [1.807, 2.05) is 24.3 Å². The van der Waals surface area contributed by atoms with Gasteiger partial charge in [-0.05, 0) is 29.8 Å². The molecule has 120 valence electrons. The molecular formula is C18H19ClN2O2. The van der Waals surface area contributed by atoms with Crippen LogP contribution in [0.25, 0.3) is 0 Å². The second-order valence-electron chi connectivity index (χ2n) is 5.25. The number of carbonyl (C=O) groups excluding carboxylic acids is 2. The summed E-state index contributed by atoms with van der Waals surface area (Å²) in [6.45, 7) is 0.804. The lowest BCUT2D eigenvalue weighted by Crippen LogP contribution is -2.31. The number of benzene rings is 2. The Morgan fingerprint density at radius 3 is 2.52 bits per heavy atom. The third-order valence-electron chi connectivity index (χ3n) is 3.39. The monoisotopic (exact) mass is 330 g/mol. The van der Waals surface area contributed by atoms with E-state index < -0.39 is 0 Å². The molecule has 2 rings (SSSR count). The van der Waals surface area contributed by atoms with E-state index in [9.17, 15) is 9.59 Å². The predicted octanol–water partition coefficient (Wildman–Crippen LogP) is 3.12. The van der Waals surface area contributed by atoms with Gasteiger partial charge in [0.15, 0.2) is 0 Å². The number of hydrogen-bond acceptors (Lipinski definition) is 2. The molecule has 4 nitrogen and oxygen atoms in total. The molecule has 0 aliphatic heterocycles. The zero-order chi connectivity index (χ0) is 16.7. The predicted molar refractivity (Wildman–Crippen MR) is 91.3 cm³/mol. The van der Waals surface area contributed by atoms with Crippen molar-refractivity contribution in [1.29, 1.82) is 0 Å². The van der Waals surface area contributed by atoms with Gasteiger partial charge < -0.3 is 10.2 Å². The van der Waals surface area contributed by atoms with E-state index in [0.29, 0.717) is 23.7 Å². The summed E-state index contributed by atoms with van der Waals surface area (Å²) in [5.41, 5.74) is 1.56. The third kappa shape index (κ3) is 5.42. The van der Waals surface area contributed by atoms with Crippen molar-refractivity contribution in [3.8, 4) is 0 Å². The number of hydrogen-bond donors (Lipinski definition) is 1. The van der Waals surface area contributed by atoms with Gasteiger partial charge >= 0.3 is 0 Å². The van der Waals surface area contributed by atoms with Crippen LogP contribution in [0.5, 0.6) is 0 Å². The number of amides is 2. The highest BCUT2D eigenvalue weighted by atomic mass is 35.5. The van der Waals surface area contributed by atoms with Crippen LogP contribution in [0, 0.1) is 0 Å². The van der Waals surface area contributed by atoms with Gasteiger partial charge in [-0.3, -0.25) is 9.59 Å². The molecule has 0 radical (unpaired) electrons. The normalized spacial score (nSPS) is 10.2. The summed E-state index contributed by atoms with van der Waals surface area (Å²) < 4.78 is 0. The Labute approximate surface area is 141 Å². The fraction of sp³-hybridized carbons (Fsp3) is 0.222. The van der Waals surface area contributed by atoms with Gasteiger partial charge in [-0.15, -0.1) is 0 Å². The average molecular weight is 331 g/mol. The highest BCUT2D eigenvalue weighted by Gasteiger charge is 2.10. The molecule has 0 aromatic heterocycles. The minimum Gasteiger partial charge on any atom is -0.352 e. The molecule has 2 aromatic rings. The van der Waals surface area contributed by atoms with Crippen LogP contribution in [0.4, 0.5) is 0 Å². The molecule has 1 N–H and O–H groups in total. The van der Waals surface area contributed by atoms with Crippen molar-refractivity contribution in [3.05, 3.63) is 70.7 Å². The standard InChI is InChI=1S/C18H19ClN2O2/c1-21(13-14-6-5-9-16(19)12-14)17(22)10-11-20-18(23)15-7-3-2-4-8-15/h2-9,12H,10-11,13H2,1H3,(H,20,23). The van der Waals surface area contributed by atoms with E-state index in [4.69, 9.17) is 11.6 Å². The van der Waals surface area contributed by atoms with Gasteiger partial charge in [0.2, 0.25) is 5.91 Å². The summed E-state index contributed by atoms with van der Waals surface area (Å²) in [5, 5.41) is 3.40. The Hall–Kier alpha value is -2.33. The van der Waals surface area contributed by atoms with Crippen molar-refractivity contribution >= 4 is 23.4 Å². The number of nitrogens with zero attached hydrogens (tertiary/aromatic N) is 1. The molecule has 0 bridgehead atoms. The minimum absolute atomic E-state index is 0.0293. The van der Waals surface area contributed by atoms with Crippen molar-refractivity contribution in [2.45, 2.75) is 13.0 Å². The quantitative estimate of drug-likeness (QED) is 0.884. The first kappa shape index (κ1) is 17.0. The number of nitrogens with one attached hydrogen (secondary N) is 1. The highest BCUT2D eigenvalue weighted by Crippen LogP contribution is 2.12. The molecule has 0 fully saturated rings.